The maximum atomic E-state index is 13.9. The van der Waals surface area contributed by atoms with E-state index in [1.54, 1.807) is 0 Å². The van der Waals surface area contributed by atoms with E-state index in [-0.39, 0.29) is 18.5 Å². The zero-order chi connectivity index (χ0) is 12.4. The van der Waals surface area contributed by atoms with Crippen LogP contribution in [0.25, 0.3) is 0 Å². The van der Waals surface area contributed by atoms with Crippen LogP contribution in [0.2, 0.25) is 0 Å². The van der Waals surface area contributed by atoms with Gasteiger partial charge in [0.2, 0.25) is 0 Å². The number of aliphatic hydroxyl groups is 1. The lowest BCUT2D eigenvalue weighted by Gasteiger charge is -2.22. The zero-order valence-electron chi connectivity index (χ0n) is 9.82. The molecule has 0 radical (unpaired) electrons. The molecule has 0 saturated heterocycles. The Bertz CT molecular complexity index is 412. The number of methoxy groups -OCH3 is 1. The first kappa shape index (κ1) is 12.3. The van der Waals surface area contributed by atoms with Crippen LogP contribution in [0.1, 0.15) is 17.2 Å². The lowest BCUT2D eigenvalue weighted by molar-refractivity contribution is 0.163. The fourth-order valence-electron chi connectivity index (χ4n) is 2.36. The van der Waals surface area contributed by atoms with Gasteiger partial charge in [0.15, 0.2) is 0 Å². The van der Waals surface area contributed by atoms with Crippen LogP contribution in [0.15, 0.2) is 12.1 Å². The van der Waals surface area contributed by atoms with Crippen LogP contribution in [-0.2, 0) is 6.54 Å². The average Bonchev–Trinajstić information content (AvgIpc) is 2.67. The molecule has 0 saturated carbocycles. The Morgan fingerprint density at radius 3 is 2.94 bits per heavy atom. The molecule has 1 aliphatic rings. The van der Waals surface area contributed by atoms with Crippen molar-refractivity contribution in [3.63, 3.8) is 0 Å². The standard InChI is InChI=1S/C12H17FN2O2/c1-17-8-4-9-10(11(13)5-8)7-15(2-3-16)12(9)6-14/h4-5,12,16H,2-3,6-7,14H2,1H3. The summed E-state index contributed by atoms with van der Waals surface area (Å²) in [4.78, 5) is 1.98. The number of benzene rings is 1. The van der Waals surface area contributed by atoms with Gasteiger partial charge in [0.05, 0.1) is 13.7 Å². The fraction of sp³-hybridized carbons (Fsp3) is 0.500. The van der Waals surface area contributed by atoms with Gasteiger partial charge in [-0.3, -0.25) is 4.90 Å². The predicted octanol–water partition coefficient (Wildman–Crippen LogP) is 0.642. The smallest absolute Gasteiger partial charge is 0.131 e. The normalized spacial score (nSPS) is 19.4. The third-order valence-corrected chi connectivity index (χ3v) is 3.21. The summed E-state index contributed by atoms with van der Waals surface area (Å²) in [5.41, 5.74) is 7.26. The minimum absolute atomic E-state index is 0.0400. The number of nitrogens with two attached hydrogens (primary N) is 1. The lowest BCUT2D eigenvalue weighted by Crippen LogP contribution is -2.30. The summed E-state index contributed by atoms with van der Waals surface area (Å²) in [5.74, 6) is 0.240. The second kappa shape index (κ2) is 5.00. The second-order valence-electron chi connectivity index (χ2n) is 4.12. The zero-order valence-corrected chi connectivity index (χ0v) is 9.82. The highest BCUT2D eigenvalue weighted by Crippen LogP contribution is 2.36. The highest BCUT2D eigenvalue weighted by atomic mass is 19.1. The molecule has 1 heterocycles. The monoisotopic (exact) mass is 240 g/mol. The van der Waals surface area contributed by atoms with Gasteiger partial charge in [0.25, 0.3) is 0 Å². The lowest BCUT2D eigenvalue weighted by atomic mass is 10.0. The van der Waals surface area contributed by atoms with E-state index in [9.17, 15) is 4.39 Å². The summed E-state index contributed by atoms with van der Waals surface area (Å²) in [7, 11) is 1.51. The largest absolute Gasteiger partial charge is 0.497 e. The van der Waals surface area contributed by atoms with E-state index >= 15 is 0 Å². The maximum absolute atomic E-state index is 13.9. The molecule has 94 valence electrons. The van der Waals surface area contributed by atoms with Crippen LogP contribution in [-0.4, -0.2) is 36.8 Å². The Balaban J connectivity index is 2.38. The van der Waals surface area contributed by atoms with E-state index in [1.807, 2.05) is 11.0 Å². The molecule has 3 N–H and O–H groups in total. The fourth-order valence-corrected chi connectivity index (χ4v) is 2.36. The number of ether oxygens (including phenoxy) is 1. The van der Waals surface area contributed by atoms with Crippen molar-refractivity contribution in [2.24, 2.45) is 5.73 Å². The number of hydrogen-bond donors (Lipinski definition) is 2. The third-order valence-electron chi connectivity index (χ3n) is 3.21. The van der Waals surface area contributed by atoms with Gasteiger partial charge in [-0.15, -0.1) is 0 Å². The maximum Gasteiger partial charge on any atom is 0.131 e. The van der Waals surface area contributed by atoms with Crippen molar-refractivity contribution >= 4 is 0 Å². The number of nitrogens with zero attached hydrogens (tertiary/aromatic N) is 1. The number of aliphatic hydroxyl groups excluding tert-OH is 1. The van der Waals surface area contributed by atoms with Crippen molar-refractivity contribution in [1.82, 2.24) is 4.90 Å². The van der Waals surface area contributed by atoms with E-state index in [1.165, 1.54) is 13.2 Å². The molecule has 1 aliphatic heterocycles. The molecular formula is C12H17FN2O2. The van der Waals surface area contributed by atoms with Crippen molar-refractivity contribution in [1.29, 1.82) is 0 Å². The van der Waals surface area contributed by atoms with Gasteiger partial charge in [-0.25, -0.2) is 4.39 Å². The number of fused-ring (bicyclic) bond motifs is 1. The molecule has 0 aliphatic carbocycles. The first-order chi connectivity index (χ1) is 8.21. The van der Waals surface area contributed by atoms with E-state index in [0.29, 0.717) is 30.9 Å². The summed E-state index contributed by atoms with van der Waals surface area (Å²) in [6, 6.07) is 3.17. The molecule has 0 amide bonds. The van der Waals surface area contributed by atoms with Crippen molar-refractivity contribution in [3.05, 3.63) is 29.1 Å². The van der Waals surface area contributed by atoms with Crippen LogP contribution < -0.4 is 10.5 Å². The highest BCUT2D eigenvalue weighted by Gasteiger charge is 2.31. The summed E-state index contributed by atoms with van der Waals surface area (Å²) in [6.45, 7) is 1.44. The van der Waals surface area contributed by atoms with E-state index in [2.05, 4.69) is 0 Å². The first-order valence-electron chi connectivity index (χ1n) is 5.62. The van der Waals surface area contributed by atoms with Crippen molar-refractivity contribution in [2.75, 3.05) is 26.8 Å². The minimum Gasteiger partial charge on any atom is -0.497 e. The van der Waals surface area contributed by atoms with E-state index in [0.717, 1.165) is 5.56 Å². The van der Waals surface area contributed by atoms with Gasteiger partial charge in [-0.1, -0.05) is 0 Å². The van der Waals surface area contributed by atoms with Crippen LogP contribution in [0.5, 0.6) is 5.75 Å². The summed E-state index contributed by atoms with van der Waals surface area (Å²) >= 11 is 0. The molecule has 5 heteroatoms. The van der Waals surface area contributed by atoms with Crippen LogP contribution >= 0.6 is 0 Å². The van der Waals surface area contributed by atoms with E-state index in [4.69, 9.17) is 15.6 Å². The SMILES string of the molecule is COc1cc(F)c2c(c1)C(CN)N(CCO)C2. The summed E-state index contributed by atoms with van der Waals surface area (Å²) < 4.78 is 18.9. The Morgan fingerprint density at radius 1 is 1.59 bits per heavy atom. The minimum atomic E-state index is -0.266. The molecule has 1 aromatic rings. The highest BCUT2D eigenvalue weighted by molar-refractivity contribution is 5.41. The molecule has 0 spiro atoms. The van der Waals surface area contributed by atoms with Crippen LogP contribution in [0.3, 0.4) is 0 Å². The number of rotatable bonds is 4. The Labute approximate surface area is 99.8 Å². The predicted molar refractivity (Wildman–Crippen MR) is 62.2 cm³/mol. The van der Waals surface area contributed by atoms with Gasteiger partial charge in [0, 0.05) is 37.3 Å². The number of halogens is 1. The molecule has 1 atom stereocenters. The first-order valence-corrected chi connectivity index (χ1v) is 5.62. The number of hydrogen-bond acceptors (Lipinski definition) is 4. The summed E-state index contributed by atoms with van der Waals surface area (Å²) in [6.07, 6.45) is 0. The molecule has 0 fully saturated rings. The van der Waals surface area contributed by atoms with Crippen molar-refractivity contribution in [2.45, 2.75) is 12.6 Å². The molecule has 17 heavy (non-hydrogen) atoms. The third kappa shape index (κ3) is 2.13. The topological polar surface area (TPSA) is 58.7 Å². The van der Waals surface area contributed by atoms with Gasteiger partial charge in [-0.2, -0.15) is 0 Å². The number of β-amino-alcohol motifs (C(OH)–C–C–N with tert-alkyl or cyclic N) is 1. The van der Waals surface area contributed by atoms with Gasteiger partial charge >= 0.3 is 0 Å². The molecule has 4 nitrogen and oxygen atoms in total. The van der Waals surface area contributed by atoms with Gasteiger partial charge in [-0.05, 0) is 11.6 Å². The molecular weight excluding hydrogens is 223 g/mol. The molecule has 0 aromatic heterocycles. The molecule has 2 rings (SSSR count). The molecule has 1 unspecified atom stereocenters. The van der Waals surface area contributed by atoms with Gasteiger partial charge in [0.1, 0.15) is 11.6 Å². The Morgan fingerprint density at radius 2 is 2.35 bits per heavy atom. The Hall–Kier alpha value is -1.17. The van der Waals surface area contributed by atoms with Crippen LogP contribution in [0.4, 0.5) is 4.39 Å². The van der Waals surface area contributed by atoms with Gasteiger partial charge < -0.3 is 15.6 Å². The molecule has 0 bridgehead atoms. The van der Waals surface area contributed by atoms with E-state index < -0.39 is 0 Å². The second-order valence-corrected chi connectivity index (χ2v) is 4.12. The molecule has 1 aromatic carbocycles. The summed E-state index contributed by atoms with van der Waals surface area (Å²) in [5, 5.41) is 8.99. The van der Waals surface area contributed by atoms with Crippen molar-refractivity contribution in [3.8, 4) is 5.75 Å². The average molecular weight is 240 g/mol. The van der Waals surface area contributed by atoms with Crippen molar-refractivity contribution < 1.29 is 14.2 Å². The quantitative estimate of drug-likeness (QED) is 0.811. The van der Waals surface area contributed by atoms with Crippen LogP contribution in [0, 0.1) is 5.82 Å². The Kier molecular flexibility index (Phi) is 3.61.